The molecule has 5 aromatic rings. The summed E-state index contributed by atoms with van der Waals surface area (Å²) in [6.45, 7) is 0. The Labute approximate surface area is 169 Å². The molecule has 0 aliphatic carbocycles. The molecule has 0 saturated heterocycles. The fourth-order valence-corrected chi connectivity index (χ4v) is 3.97. The fourth-order valence-electron chi connectivity index (χ4n) is 3.79. The molecular weight excluding hydrogens is 393 g/mol. The first-order chi connectivity index (χ1) is 14.1. The lowest BCUT2D eigenvalue weighted by Gasteiger charge is -2.06. The highest BCUT2D eigenvalue weighted by molar-refractivity contribution is 6.31. The van der Waals surface area contributed by atoms with Crippen LogP contribution in [0.5, 0.6) is 0 Å². The number of esters is 1. The summed E-state index contributed by atoms with van der Waals surface area (Å²) in [6.07, 6.45) is 5.37. The number of aromatic amines is 3. The Morgan fingerprint density at radius 2 is 1.55 bits per heavy atom. The van der Waals surface area contributed by atoms with Gasteiger partial charge in [0.15, 0.2) is 0 Å². The average molecular weight is 408 g/mol. The van der Waals surface area contributed by atoms with Crippen molar-refractivity contribution in [2.45, 2.75) is 0 Å². The number of hydrogen-bond donors (Lipinski definition) is 3. The SMILES string of the molecule is COC(=O)c1[nH]cc(-c2c[nH]c3ccc(F)cc23)c1-c1c[nH]c2ccc(Cl)cc12. The highest BCUT2D eigenvalue weighted by Gasteiger charge is 2.24. The first kappa shape index (κ1) is 17.6. The second kappa shape index (κ2) is 6.53. The van der Waals surface area contributed by atoms with Gasteiger partial charge < -0.3 is 19.7 Å². The van der Waals surface area contributed by atoms with E-state index >= 15 is 0 Å². The van der Waals surface area contributed by atoms with Crippen molar-refractivity contribution in [2.24, 2.45) is 0 Å². The number of methoxy groups -OCH3 is 1. The summed E-state index contributed by atoms with van der Waals surface area (Å²) in [5.74, 6) is -0.823. The van der Waals surface area contributed by atoms with Crippen molar-refractivity contribution in [3.8, 4) is 22.3 Å². The highest BCUT2D eigenvalue weighted by atomic mass is 35.5. The molecule has 0 amide bonds. The summed E-state index contributed by atoms with van der Waals surface area (Å²) in [5, 5.41) is 2.18. The molecule has 7 heteroatoms. The molecule has 0 fully saturated rings. The maximum absolute atomic E-state index is 13.9. The molecule has 0 atom stereocenters. The second-order valence-electron chi connectivity index (χ2n) is 6.73. The smallest absolute Gasteiger partial charge is 0.355 e. The molecule has 0 radical (unpaired) electrons. The van der Waals surface area contributed by atoms with Crippen LogP contribution >= 0.6 is 11.6 Å². The maximum Gasteiger partial charge on any atom is 0.355 e. The third kappa shape index (κ3) is 2.72. The van der Waals surface area contributed by atoms with Crippen molar-refractivity contribution in [1.29, 1.82) is 0 Å². The van der Waals surface area contributed by atoms with Crippen molar-refractivity contribution < 1.29 is 13.9 Å². The Morgan fingerprint density at radius 1 is 0.897 bits per heavy atom. The first-order valence-corrected chi connectivity index (χ1v) is 9.28. The number of carbonyl (C=O) groups is 1. The Kier molecular flexibility index (Phi) is 3.96. The fraction of sp³-hybridized carbons (Fsp3) is 0.0455. The van der Waals surface area contributed by atoms with Gasteiger partial charge >= 0.3 is 5.97 Å². The van der Waals surface area contributed by atoms with E-state index < -0.39 is 5.97 Å². The molecule has 2 aromatic carbocycles. The van der Waals surface area contributed by atoms with Crippen molar-refractivity contribution >= 4 is 39.4 Å². The van der Waals surface area contributed by atoms with Crippen LogP contribution in [-0.2, 0) is 4.74 Å². The minimum atomic E-state index is -0.492. The van der Waals surface area contributed by atoms with Crippen LogP contribution in [0.1, 0.15) is 10.5 Å². The lowest BCUT2D eigenvalue weighted by atomic mass is 9.96. The van der Waals surface area contributed by atoms with Crippen molar-refractivity contribution in [1.82, 2.24) is 15.0 Å². The molecule has 0 spiro atoms. The third-order valence-electron chi connectivity index (χ3n) is 5.12. The van der Waals surface area contributed by atoms with Gasteiger partial charge in [-0.05, 0) is 36.4 Å². The quantitative estimate of drug-likeness (QED) is 0.326. The lowest BCUT2D eigenvalue weighted by molar-refractivity contribution is 0.0596. The van der Waals surface area contributed by atoms with Crippen LogP contribution in [0.2, 0.25) is 5.02 Å². The van der Waals surface area contributed by atoms with Crippen LogP contribution in [0.4, 0.5) is 4.39 Å². The molecule has 5 rings (SSSR count). The van der Waals surface area contributed by atoms with E-state index in [1.165, 1.54) is 19.2 Å². The van der Waals surface area contributed by atoms with Crippen LogP contribution in [0, 0.1) is 5.82 Å². The van der Waals surface area contributed by atoms with Gasteiger partial charge in [-0.2, -0.15) is 0 Å². The number of nitrogens with one attached hydrogen (secondary N) is 3. The number of fused-ring (bicyclic) bond motifs is 2. The zero-order valence-electron chi connectivity index (χ0n) is 15.3. The topological polar surface area (TPSA) is 73.7 Å². The van der Waals surface area contributed by atoms with Gasteiger partial charge in [0.2, 0.25) is 0 Å². The molecule has 29 heavy (non-hydrogen) atoms. The molecule has 0 aliphatic rings. The molecule has 3 heterocycles. The average Bonchev–Trinajstić information content (AvgIpc) is 3.42. The predicted molar refractivity (Wildman–Crippen MR) is 112 cm³/mol. The zero-order chi connectivity index (χ0) is 20.1. The second-order valence-corrected chi connectivity index (χ2v) is 7.16. The number of rotatable bonds is 3. The molecular formula is C22H15ClFN3O2. The van der Waals surface area contributed by atoms with E-state index in [1.54, 1.807) is 24.5 Å². The maximum atomic E-state index is 13.9. The minimum Gasteiger partial charge on any atom is -0.464 e. The van der Waals surface area contributed by atoms with Gasteiger partial charge in [0, 0.05) is 67.7 Å². The van der Waals surface area contributed by atoms with Gasteiger partial charge in [-0.3, -0.25) is 0 Å². The standard InChI is InChI=1S/C22H15ClFN3O2/c1-29-22(28)21-20(16-9-26-18-4-2-11(23)6-13(16)18)17(10-27-21)15-8-25-19-5-3-12(24)7-14(15)19/h2-10,25-27H,1H3. The molecule has 3 aromatic heterocycles. The van der Waals surface area contributed by atoms with Crippen LogP contribution in [0.15, 0.2) is 55.0 Å². The summed E-state index contributed by atoms with van der Waals surface area (Å²) in [5.41, 5.74) is 4.99. The normalized spacial score (nSPS) is 11.4. The third-order valence-corrected chi connectivity index (χ3v) is 5.35. The molecule has 3 N–H and O–H groups in total. The lowest BCUT2D eigenvalue weighted by Crippen LogP contribution is -2.03. The van der Waals surface area contributed by atoms with Crippen LogP contribution < -0.4 is 0 Å². The number of ether oxygens (including phenoxy) is 1. The van der Waals surface area contributed by atoms with Gasteiger partial charge in [-0.25, -0.2) is 9.18 Å². The molecule has 5 nitrogen and oxygen atoms in total. The minimum absolute atomic E-state index is 0.314. The van der Waals surface area contributed by atoms with Gasteiger partial charge in [0.05, 0.1) is 7.11 Å². The number of aromatic nitrogens is 3. The van der Waals surface area contributed by atoms with Gasteiger partial charge in [0.25, 0.3) is 0 Å². The van der Waals surface area contributed by atoms with E-state index in [1.807, 2.05) is 18.3 Å². The predicted octanol–water partition coefficient (Wildman–Crippen LogP) is 5.89. The Morgan fingerprint density at radius 3 is 2.31 bits per heavy atom. The number of carbonyl (C=O) groups excluding carboxylic acids is 1. The van der Waals surface area contributed by atoms with E-state index in [4.69, 9.17) is 16.3 Å². The first-order valence-electron chi connectivity index (χ1n) is 8.90. The zero-order valence-corrected chi connectivity index (χ0v) is 16.0. The van der Waals surface area contributed by atoms with Gasteiger partial charge in [-0.15, -0.1) is 0 Å². The summed E-state index contributed by atoms with van der Waals surface area (Å²) >= 11 is 6.21. The number of halogens is 2. The van der Waals surface area contributed by atoms with Gasteiger partial charge in [-0.1, -0.05) is 11.6 Å². The summed E-state index contributed by atoms with van der Waals surface area (Å²) in [4.78, 5) is 21.9. The Bertz CT molecular complexity index is 1400. The van der Waals surface area contributed by atoms with Crippen molar-refractivity contribution in [3.05, 3.63) is 71.5 Å². The largest absolute Gasteiger partial charge is 0.464 e. The van der Waals surface area contributed by atoms with E-state index in [0.29, 0.717) is 16.3 Å². The molecule has 0 unspecified atom stereocenters. The molecule has 144 valence electrons. The Hall–Kier alpha value is -3.51. The van der Waals surface area contributed by atoms with E-state index in [0.717, 1.165) is 38.5 Å². The number of benzene rings is 2. The van der Waals surface area contributed by atoms with Crippen LogP contribution in [0.3, 0.4) is 0 Å². The van der Waals surface area contributed by atoms with Crippen molar-refractivity contribution in [2.75, 3.05) is 7.11 Å². The van der Waals surface area contributed by atoms with Crippen molar-refractivity contribution in [3.63, 3.8) is 0 Å². The van der Waals surface area contributed by atoms with Crippen LogP contribution in [0.25, 0.3) is 44.1 Å². The van der Waals surface area contributed by atoms with E-state index in [9.17, 15) is 9.18 Å². The molecule has 0 saturated carbocycles. The summed E-state index contributed by atoms with van der Waals surface area (Å²) in [7, 11) is 1.33. The van der Waals surface area contributed by atoms with Gasteiger partial charge in [0.1, 0.15) is 11.5 Å². The monoisotopic (exact) mass is 407 g/mol. The van der Waals surface area contributed by atoms with E-state index in [2.05, 4.69) is 15.0 Å². The van der Waals surface area contributed by atoms with Crippen LogP contribution in [-0.4, -0.2) is 28.0 Å². The summed E-state index contributed by atoms with van der Waals surface area (Å²) in [6, 6.07) is 10.1. The van der Waals surface area contributed by atoms with E-state index in [-0.39, 0.29) is 5.82 Å². The molecule has 0 bridgehead atoms. The highest BCUT2D eigenvalue weighted by Crippen LogP contribution is 2.42. The summed E-state index contributed by atoms with van der Waals surface area (Å²) < 4.78 is 18.9. The molecule has 0 aliphatic heterocycles. The number of hydrogen-bond acceptors (Lipinski definition) is 2. The number of H-pyrrole nitrogens is 3. The Balaban J connectivity index is 1.84.